The van der Waals surface area contributed by atoms with E-state index in [0.29, 0.717) is 12.2 Å². The first-order valence-electron chi connectivity index (χ1n) is 13.3. The van der Waals surface area contributed by atoms with Crippen LogP contribution in [0, 0.1) is 6.92 Å². The van der Waals surface area contributed by atoms with Crippen LogP contribution in [0.3, 0.4) is 0 Å². The molecule has 2 aromatic heterocycles. The largest absolute Gasteiger partial charge is 0.497 e. The first-order valence-corrected chi connectivity index (χ1v) is 13.3. The number of nitrogens with one attached hydrogen (secondary N) is 1. The maximum atomic E-state index is 13.4. The molecule has 1 aliphatic carbocycles. The van der Waals surface area contributed by atoms with Gasteiger partial charge >= 0.3 is 0 Å². The van der Waals surface area contributed by atoms with Crippen LogP contribution in [0.15, 0.2) is 65.6 Å². The predicted molar refractivity (Wildman–Crippen MR) is 147 cm³/mol. The summed E-state index contributed by atoms with van der Waals surface area (Å²) in [6, 6.07) is 17.1. The second-order valence-corrected chi connectivity index (χ2v) is 9.79. The van der Waals surface area contributed by atoms with Gasteiger partial charge in [0.2, 0.25) is 0 Å². The zero-order valence-electron chi connectivity index (χ0n) is 22.1. The third-order valence-corrected chi connectivity index (χ3v) is 7.27. The number of hydrogen-bond donors (Lipinski definition) is 1. The van der Waals surface area contributed by atoms with Gasteiger partial charge in [0.25, 0.3) is 11.5 Å². The van der Waals surface area contributed by atoms with E-state index in [-0.39, 0.29) is 29.2 Å². The number of fused-ring (bicyclic) bond motifs is 1. The van der Waals surface area contributed by atoms with Crippen molar-refractivity contribution >= 4 is 16.8 Å². The summed E-state index contributed by atoms with van der Waals surface area (Å²) >= 11 is 0. The number of nitrogens with zero attached hydrogens (tertiary/aromatic N) is 3. The summed E-state index contributed by atoms with van der Waals surface area (Å²) in [7, 11) is 1.64. The number of amides is 1. The van der Waals surface area contributed by atoms with Crippen molar-refractivity contribution in [3.63, 3.8) is 0 Å². The molecule has 198 valence electrons. The van der Waals surface area contributed by atoms with Crippen LogP contribution < -0.4 is 20.3 Å². The van der Waals surface area contributed by atoms with E-state index in [4.69, 9.17) is 9.47 Å². The average Bonchev–Trinajstić information content (AvgIpc) is 3.19. The molecule has 0 aliphatic heterocycles. The minimum Gasteiger partial charge on any atom is -0.497 e. The third-order valence-electron chi connectivity index (χ3n) is 7.27. The highest BCUT2D eigenvalue weighted by Crippen LogP contribution is 2.31. The van der Waals surface area contributed by atoms with Crippen LogP contribution in [0.2, 0.25) is 0 Å². The number of rotatable bonds is 8. The topological polar surface area (TPSA) is 87.4 Å². The van der Waals surface area contributed by atoms with Crippen molar-refractivity contribution in [1.82, 2.24) is 19.7 Å². The van der Waals surface area contributed by atoms with Gasteiger partial charge in [-0.05, 0) is 69.4 Å². The molecule has 0 radical (unpaired) electrons. The summed E-state index contributed by atoms with van der Waals surface area (Å²) in [5.74, 6) is 1.26. The Kier molecular flexibility index (Phi) is 7.49. The van der Waals surface area contributed by atoms with Crippen LogP contribution in [-0.2, 0) is 6.54 Å². The molecule has 1 amide bonds. The first-order chi connectivity index (χ1) is 18.5. The Morgan fingerprint density at radius 1 is 1.08 bits per heavy atom. The number of aromatic nitrogens is 3. The third kappa shape index (κ3) is 5.03. The zero-order chi connectivity index (χ0) is 26.6. The molecule has 0 bridgehead atoms. The summed E-state index contributed by atoms with van der Waals surface area (Å²) < 4.78 is 15.2. The number of ether oxygens (including phenoxy) is 2. The van der Waals surface area contributed by atoms with Crippen molar-refractivity contribution in [1.29, 1.82) is 0 Å². The number of carbonyl (C=O) groups excluding carboxylic acids is 1. The van der Waals surface area contributed by atoms with E-state index in [1.54, 1.807) is 18.0 Å². The highest BCUT2D eigenvalue weighted by molar-refractivity contribution is 5.95. The van der Waals surface area contributed by atoms with Crippen LogP contribution in [0.5, 0.6) is 11.5 Å². The molecular formula is C30H34N4O4. The first kappa shape index (κ1) is 25.6. The van der Waals surface area contributed by atoms with Gasteiger partial charge in [0.15, 0.2) is 0 Å². The lowest BCUT2D eigenvalue weighted by atomic mass is 9.92. The molecule has 4 aromatic rings. The monoisotopic (exact) mass is 514 g/mol. The van der Waals surface area contributed by atoms with Crippen molar-refractivity contribution in [3.05, 3.63) is 82.4 Å². The lowest BCUT2D eigenvalue weighted by Crippen LogP contribution is -2.41. The summed E-state index contributed by atoms with van der Waals surface area (Å²) in [4.78, 5) is 31.2. The van der Waals surface area contributed by atoms with Crippen LogP contribution in [0.1, 0.15) is 55.1 Å². The van der Waals surface area contributed by atoms with E-state index in [2.05, 4.69) is 17.2 Å². The fourth-order valence-corrected chi connectivity index (χ4v) is 5.31. The van der Waals surface area contributed by atoms with Gasteiger partial charge in [0, 0.05) is 30.2 Å². The molecule has 38 heavy (non-hydrogen) atoms. The fraction of sp³-hybridized carbons (Fsp3) is 0.367. The van der Waals surface area contributed by atoms with E-state index in [9.17, 15) is 9.59 Å². The van der Waals surface area contributed by atoms with Crippen LogP contribution in [-0.4, -0.2) is 39.5 Å². The number of hydrogen-bond acceptors (Lipinski definition) is 5. The standard InChI is InChI=1S/C30H34N4O4/c1-4-18-33-20(2)28(30(36)34(33)22-8-6-5-7-9-22)29(35)32-21-10-12-23(13-11-21)38-27-16-17-31-26-19-24(37-3)14-15-25(26)27/h5-9,14-17,19,21,23H,4,10-13,18H2,1-3H3,(H,32,35)/t21-,23-. The van der Waals surface area contributed by atoms with Crippen molar-refractivity contribution in [2.45, 2.75) is 64.6 Å². The van der Waals surface area contributed by atoms with Crippen LogP contribution in [0.25, 0.3) is 16.6 Å². The van der Waals surface area contributed by atoms with Gasteiger partial charge in [-0.25, -0.2) is 4.68 Å². The Morgan fingerprint density at radius 2 is 1.84 bits per heavy atom. The number of benzene rings is 2. The van der Waals surface area contributed by atoms with E-state index >= 15 is 0 Å². The smallest absolute Gasteiger partial charge is 0.284 e. The molecule has 0 saturated heterocycles. The number of para-hydroxylation sites is 1. The lowest BCUT2D eigenvalue weighted by molar-refractivity contribution is 0.0893. The maximum Gasteiger partial charge on any atom is 0.284 e. The van der Waals surface area contributed by atoms with E-state index in [1.807, 2.05) is 66.2 Å². The summed E-state index contributed by atoms with van der Waals surface area (Å²) in [5, 5.41) is 4.08. The van der Waals surface area contributed by atoms with E-state index < -0.39 is 0 Å². The van der Waals surface area contributed by atoms with Gasteiger partial charge < -0.3 is 14.8 Å². The highest BCUT2D eigenvalue weighted by Gasteiger charge is 2.28. The quantitative estimate of drug-likeness (QED) is 0.356. The number of methoxy groups -OCH3 is 1. The van der Waals surface area contributed by atoms with Crippen molar-refractivity contribution in [3.8, 4) is 17.2 Å². The maximum absolute atomic E-state index is 13.4. The molecule has 1 saturated carbocycles. The molecule has 0 spiro atoms. The molecule has 1 N–H and O–H groups in total. The molecule has 8 nitrogen and oxygen atoms in total. The number of carbonyl (C=O) groups is 1. The molecular weight excluding hydrogens is 480 g/mol. The Balaban J connectivity index is 1.26. The minimum absolute atomic E-state index is 0.000652. The Hall–Kier alpha value is -4.07. The molecule has 5 rings (SSSR count). The molecule has 1 fully saturated rings. The summed E-state index contributed by atoms with van der Waals surface area (Å²) in [6.07, 6.45) is 5.86. The van der Waals surface area contributed by atoms with Crippen molar-refractivity contribution in [2.24, 2.45) is 0 Å². The lowest BCUT2D eigenvalue weighted by Gasteiger charge is -2.29. The normalized spacial score (nSPS) is 17.3. The van der Waals surface area contributed by atoms with E-state index in [1.165, 1.54) is 0 Å². The minimum atomic E-state index is -0.300. The Bertz CT molecular complexity index is 1480. The highest BCUT2D eigenvalue weighted by atomic mass is 16.5. The van der Waals surface area contributed by atoms with Gasteiger partial charge in [-0.15, -0.1) is 0 Å². The second-order valence-electron chi connectivity index (χ2n) is 9.79. The average molecular weight is 515 g/mol. The van der Waals surface area contributed by atoms with Gasteiger partial charge in [0.05, 0.1) is 30.1 Å². The second kappa shape index (κ2) is 11.1. The van der Waals surface area contributed by atoms with Gasteiger partial charge in [0.1, 0.15) is 17.1 Å². The van der Waals surface area contributed by atoms with Crippen LogP contribution in [0.4, 0.5) is 0 Å². The fourth-order valence-electron chi connectivity index (χ4n) is 5.31. The van der Waals surface area contributed by atoms with E-state index in [0.717, 1.165) is 60.2 Å². The zero-order valence-corrected chi connectivity index (χ0v) is 22.1. The van der Waals surface area contributed by atoms with Crippen LogP contribution >= 0.6 is 0 Å². The molecule has 0 atom stereocenters. The summed E-state index contributed by atoms with van der Waals surface area (Å²) in [5.41, 5.74) is 2.22. The molecule has 2 aromatic carbocycles. The SMILES string of the molecule is CCCn1c(C)c(C(=O)N[C@H]2CC[C@H](Oc3ccnc4cc(OC)ccc34)CC2)c(=O)n1-c1ccccc1. The Morgan fingerprint density at radius 3 is 2.55 bits per heavy atom. The molecule has 2 heterocycles. The number of pyridine rings is 1. The molecule has 1 aliphatic rings. The predicted octanol–water partition coefficient (Wildman–Crippen LogP) is 5.03. The van der Waals surface area contributed by atoms with Crippen molar-refractivity contribution in [2.75, 3.05) is 7.11 Å². The van der Waals surface area contributed by atoms with Crippen molar-refractivity contribution < 1.29 is 14.3 Å². The van der Waals surface area contributed by atoms with Gasteiger partial charge in [-0.1, -0.05) is 25.1 Å². The molecule has 8 heteroatoms. The molecule has 0 unspecified atom stereocenters. The van der Waals surface area contributed by atoms with Gasteiger partial charge in [-0.2, -0.15) is 0 Å². The summed E-state index contributed by atoms with van der Waals surface area (Å²) in [6.45, 7) is 4.57. The Labute approximate surface area is 222 Å². The van der Waals surface area contributed by atoms with Gasteiger partial charge in [-0.3, -0.25) is 19.3 Å².